The maximum Gasteiger partial charge on any atom is 0 e. The smallest absolute Gasteiger partial charge is 0 e. The molecule has 0 atom stereocenters. The van der Waals surface area contributed by atoms with Gasteiger partial charge in [-0.2, -0.15) is 7.85 Å². The van der Waals surface area contributed by atoms with Gasteiger partial charge in [-0.05, 0) is 0 Å². The molecule has 0 nitrogen and oxygen atoms in total. The summed E-state index contributed by atoms with van der Waals surface area (Å²) in [6.45, 7) is 0.750. The number of rotatable bonds is 0. The molecule has 0 heterocycles. The van der Waals surface area contributed by atoms with Crippen LogP contribution in [0.1, 0.15) is 1.37 Å². The van der Waals surface area contributed by atoms with Crippen LogP contribution in [0, 0.1) is 6.80 Å². The summed E-state index contributed by atoms with van der Waals surface area (Å²) in [7, 11) is 4.39. The van der Waals surface area contributed by atoms with Gasteiger partial charge < -0.3 is 6.80 Å². The summed E-state index contributed by atoms with van der Waals surface area (Å²) in [5.41, 5.74) is 0. The SMILES string of the molecule is [2H][CH-][B].[V].[W]. The Morgan fingerprint density at radius 2 is 2.00 bits per heavy atom. The Morgan fingerprint density at radius 3 is 2.00 bits per heavy atom. The van der Waals surface area contributed by atoms with E-state index in [2.05, 4.69) is 7.85 Å². The van der Waals surface area contributed by atoms with Gasteiger partial charge in [-0.15, -0.1) is 0 Å². The van der Waals surface area contributed by atoms with E-state index in [1.54, 1.807) is 0 Å². The predicted molar refractivity (Wildman–Crippen MR) is 11.1 cm³/mol. The molecule has 4 heavy (non-hydrogen) atoms. The first-order chi connectivity index (χ1) is 1.41. The van der Waals surface area contributed by atoms with Crippen molar-refractivity contribution in [2.24, 2.45) is 0 Å². The molecule has 0 fully saturated rings. The van der Waals surface area contributed by atoms with Gasteiger partial charge in [-0.3, -0.25) is 0 Å². The van der Waals surface area contributed by atoms with Crippen molar-refractivity contribution >= 4 is 7.85 Å². The second kappa shape index (κ2) is 27.0. The summed E-state index contributed by atoms with van der Waals surface area (Å²) in [4.78, 5) is 0. The quantitative estimate of drug-likeness (QED) is 0.423. The molecule has 0 aliphatic carbocycles. The molecule has 0 bridgehead atoms. The molecule has 0 spiro atoms. The van der Waals surface area contributed by atoms with Crippen molar-refractivity contribution in [2.45, 2.75) is 0 Å². The van der Waals surface area contributed by atoms with Crippen LogP contribution in [-0.4, -0.2) is 7.85 Å². The molecule has 0 saturated heterocycles. The Bertz CT molecular complexity index is 11.6. The van der Waals surface area contributed by atoms with Gasteiger partial charge in [0.05, 0.1) is 0 Å². The molecule has 0 aromatic carbocycles. The zero-order valence-corrected chi connectivity index (χ0v) is 6.34. The number of hydrogen-bond acceptors (Lipinski definition) is 0. The summed E-state index contributed by atoms with van der Waals surface area (Å²) in [6.07, 6.45) is 0. The molecule has 0 unspecified atom stereocenters. The van der Waals surface area contributed by atoms with Gasteiger partial charge in [-0.1, -0.05) is 0 Å². The van der Waals surface area contributed by atoms with Crippen molar-refractivity contribution in [3.63, 3.8) is 0 Å². The molecule has 0 aromatic heterocycles. The largest absolute Gasteiger partial charge is 0.382 e. The molecule has 21 valence electrons. The number of hydrogen-bond donors (Lipinski definition) is 0. The van der Waals surface area contributed by atoms with Crippen LogP contribution in [0.5, 0.6) is 0 Å². The van der Waals surface area contributed by atoms with E-state index in [4.69, 9.17) is 1.37 Å². The third-order valence-corrected chi connectivity index (χ3v) is 0. The summed E-state index contributed by atoms with van der Waals surface area (Å²) in [5.74, 6) is 0. The van der Waals surface area contributed by atoms with E-state index in [0.29, 0.717) is 0 Å². The third kappa shape index (κ3) is 10.2. The van der Waals surface area contributed by atoms with Gasteiger partial charge in [-0.25, -0.2) is 1.37 Å². The average Bonchev–Trinajstić information content (AvgIpc) is 0.918. The molecule has 3 radical (unpaired) electrons. The standard InChI is InChI=1S/CH2B.V.W/c1-2;;/h1H2;;/q-1;;/i1D;;. The Morgan fingerprint density at radius 1 is 2.00 bits per heavy atom. The maximum absolute atomic E-state index is 5.86. The van der Waals surface area contributed by atoms with E-state index in [0.717, 1.165) is 6.80 Å². The van der Waals surface area contributed by atoms with Crippen LogP contribution >= 0.6 is 0 Å². The topological polar surface area (TPSA) is 0 Å². The van der Waals surface area contributed by atoms with Crippen molar-refractivity contribution in [1.82, 2.24) is 0 Å². The van der Waals surface area contributed by atoms with Crippen LogP contribution in [-0.2, 0) is 39.6 Å². The van der Waals surface area contributed by atoms with Crippen molar-refractivity contribution in [3.8, 4) is 0 Å². The van der Waals surface area contributed by atoms with Gasteiger partial charge >= 0.3 is 0 Å². The fourth-order valence-corrected chi connectivity index (χ4v) is 0. The minimum absolute atomic E-state index is 0. The molecule has 0 amide bonds. The summed E-state index contributed by atoms with van der Waals surface area (Å²) in [5, 5.41) is 0. The molecule has 0 aromatic rings. The maximum atomic E-state index is 5.86. The zero-order chi connectivity index (χ0) is 2.71. The van der Waals surface area contributed by atoms with E-state index < -0.39 is 0 Å². The minimum atomic E-state index is 0. The van der Waals surface area contributed by atoms with Crippen molar-refractivity contribution in [3.05, 3.63) is 6.80 Å². The average molecular weight is 261 g/mol. The van der Waals surface area contributed by atoms with Gasteiger partial charge in [0.1, 0.15) is 0 Å². The van der Waals surface area contributed by atoms with Crippen LogP contribution in [0.15, 0.2) is 0 Å². The Hall–Kier alpha value is 1.34. The van der Waals surface area contributed by atoms with Crippen molar-refractivity contribution in [1.29, 1.82) is 0 Å². The molecular weight excluding hydrogens is 258 g/mol. The molecule has 3 heteroatoms. The first kappa shape index (κ1) is 9.02. The van der Waals surface area contributed by atoms with Crippen molar-refractivity contribution in [2.75, 3.05) is 0 Å². The second-order valence-electron chi connectivity index (χ2n) is 0. The van der Waals surface area contributed by atoms with Crippen LogP contribution in [0.2, 0.25) is 0 Å². The summed E-state index contributed by atoms with van der Waals surface area (Å²) >= 11 is 0. The van der Waals surface area contributed by atoms with E-state index in [1.165, 1.54) is 0 Å². The molecule has 0 rings (SSSR count). The van der Waals surface area contributed by atoms with E-state index >= 15 is 0 Å². The van der Waals surface area contributed by atoms with Crippen LogP contribution in [0.3, 0.4) is 0 Å². The zero-order valence-electron chi connectivity index (χ0n) is 3.01. The van der Waals surface area contributed by atoms with Crippen LogP contribution in [0.25, 0.3) is 0 Å². The summed E-state index contributed by atoms with van der Waals surface area (Å²) < 4.78 is 5.86. The Labute approximate surface area is 55.7 Å². The molecule has 0 aliphatic rings. The van der Waals surface area contributed by atoms with Crippen LogP contribution < -0.4 is 0 Å². The molecule has 0 saturated carbocycles. The normalized spacial score (nSPS) is 4.50. The Balaban J connectivity index is -0.0000000200. The Kier molecular flexibility index (Phi) is 60.9. The van der Waals surface area contributed by atoms with Gasteiger partial charge in [0.2, 0.25) is 0 Å². The first-order valence-electron chi connectivity index (χ1n) is 0.911. The summed E-state index contributed by atoms with van der Waals surface area (Å²) in [6, 6.07) is 0. The first-order valence-corrected chi connectivity index (χ1v) is 0.333. The second-order valence-corrected chi connectivity index (χ2v) is 0. The van der Waals surface area contributed by atoms with Gasteiger partial charge in [0.25, 0.3) is 0 Å². The predicted octanol–water partition coefficient (Wildman–Crippen LogP) is -0.0585. The molecule has 0 aliphatic heterocycles. The fraction of sp³-hybridized carbons (Fsp3) is 0. The van der Waals surface area contributed by atoms with Crippen molar-refractivity contribution < 1.29 is 41.0 Å². The van der Waals surface area contributed by atoms with E-state index in [1.807, 2.05) is 0 Å². The minimum Gasteiger partial charge on any atom is -0.382 e. The van der Waals surface area contributed by atoms with E-state index in [-0.39, 0.29) is 39.6 Å². The van der Waals surface area contributed by atoms with E-state index in [9.17, 15) is 0 Å². The van der Waals surface area contributed by atoms with Gasteiger partial charge in [0, 0.05) is 39.6 Å². The van der Waals surface area contributed by atoms with Gasteiger partial charge in [0.15, 0.2) is 0 Å². The monoisotopic (exact) mass is 261 g/mol. The van der Waals surface area contributed by atoms with Crippen LogP contribution in [0.4, 0.5) is 0 Å². The fourth-order valence-electron chi connectivity index (χ4n) is 0. The molecule has 0 N–H and O–H groups in total. The molecular formula is CH2BVW-. The third-order valence-electron chi connectivity index (χ3n) is 0.